The summed E-state index contributed by atoms with van der Waals surface area (Å²) in [5.41, 5.74) is 5.96. The number of methoxy groups -OCH3 is 1. The van der Waals surface area contributed by atoms with Gasteiger partial charge in [0.1, 0.15) is 24.5 Å². The Morgan fingerprint density at radius 1 is 1.33 bits per heavy atom. The van der Waals surface area contributed by atoms with Gasteiger partial charge in [0, 0.05) is 24.2 Å². The summed E-state index contributed by atoms with van der Waals surface area (Å²) < 4.78 is 28.9. The number of ether oxygens (including phenoxy) is 1. The summed E-state index contributed by atoms with van der Waals surface area (Å²) in [6.07, 6.45) is 7.83. The van der Waals surface area contributed by atoms with E-state index in [9.17, 15) is 18.4 Å². The SMILES string of the molecule is C=C/C(=C\C=C(\N)CF)OC.CC(=O)Nc1ccc(F)cc1.O=CC1CC1. The molecule has 1 aromatic rings. The van der Waals surface area contributed by atoms with Crippen LogP contribution in [-0.2, 0) is 14.3 Å². The van der Waals surface area contributed by atoms with Gasteiger partial charge in [-0.1, -0.05) is 6.58 Å². The van der Waals surface area contributed by atoms with Crippen LogP contribution in [0.3, 0.4) is 0 Å². The van der Waals surface area contributed by atoms with Gasteiger partial charge in [-0.25, -0.2) is 8.78 Å². The maximum atomic E-state index is 12.3. The zero-order valence-corrected chi connectivity index (χ0v) is 15.6. The van der Waals surface area contributed by atoms with Crippen LogP contribution in [0.25, 0.3) is 0 Å². The zero-order valence-electron chi connectivity index (χ0n) is 15.6. The second-order valence-electron chi connectivity index (χ2n) is 5.51. The third kappa shape index (κ3) is 13.9. The van der Waals surface area contributed by atoms with E-state index in [4.69, 9.17) is 10.5 Å². The van der Waals surface area contributed by atoms with Gasteiger partial charge in [-0.15, -0.1) is 0 Å². The van der Waals surface area contributed by atoms with Crippen LogP contribution in [0.2, 0.25) is 0 Å². The van der Waals surface area contributed by atoms with Crippen LogP contribution in [0.5, 0.6) is 0 Å². The molecule has 0 saturated heterocycles. The smallest absolute Gasteiger partial charge is 0.221 e. The van der Waals surface area contributed by atoms with Gasteiger partial charge in [0.2, 0.25) is 5.91 Å². The average molecular weight is 380 g/mol. The first kappa shape index (κ1) is 24.0. The fraction of sp³-hybridized carbons (Fsp3) is 0.300. The summed E-state index contributed by atoms with van der Waals surface area (Å²) in [5, 5.41) is 2.53. The molecule has 5 nitrogen and oxygen atoms in total. The van der Waals surface area contributed by atoms with E-state index < -0.39 is 6.67 Å². The normalized spacial score (nSPS) is 13.2. The van der Waals surface area contributed by atoms with Gasteiger partial charge >= 0.3 is 0 Å². The van der Waals surface area contributed by atoms with Gasteiger partial charge in [-0.05, 0) is 55.3 Å². The number of amides is 1. The van der Waals surface area contributed by atoms with E-state index in [1.165, 1.54) is 50.5 Å². The average Bonchev–Trinajstić information content (AvgIpc) is 3.49. The molecule has 0 spiro atoms. The number of hydrogen-bond donors (Lipinski definition) is 2. The van der Waals surface area contributed by atoms with Crippen molar-refractivity contribution >= 4 is 17.9 Å². The molecule has 148 valence electrons. The van der Waals surface area contributed by atoms with Crippen LogP contribution in [0.15, 0.2) is 60.5 Å². The van der Waals surface area contributed by atoms with Crippen LogP contribution in [0.1, 0.15) is 19.8 Å². The van der Waals surface area contributed by atoms with Crippen molar-refractivity contribution in [3.05, 3.63) is 66.3 Å². The minimum atomic E-state index is -0.648. The Kier molecular flexibility index (Phi) is 12.7. The molecule has 0 aromatic heterocycles. The Morgan fingerprint density at radius 2 is 1.93 bits per heavy atom. The van der Waals surface area contributed by atoms with Crippen molar-refractivity contribution in [1.29, 1.82) is 0 Å². The lowest BCUT2D eigenvalue weighted by Gasteiger charge is -1.99. The van der Waals surface area contributed by atoms with Crippen molar-refractivity contribution in [3.8, 4) is 0 Å². The number of nitrogens with two attached hydrogens (primary N) is 1. The van der Waals surface area contributed by atoms with Crippen molar-refractivity contribution < 1.29 is 23.1 Å². The maximum Gasteiger partial charge on any atom is 0.221 e. The van der Waals surface area contributed by atoms with Crippen LogP contribution in [0.4, 0.5) is 14.5 Å². The van der Waals surface area contributed by atoms with Gasteiger partial charge in [0.25, 0.3) is 0 Å². The number of anilines is 1. The molecule has 0 atom stereocenters. The molecule has 1 fully saturated rings. The monoisotopic (exact) mass is 380 g/mol. The van der Waals surface area contributed by atoms with Gasteiger partial charge in [0.05, 0.1) is 7.11 Å². The van der Waals surface area contributed by atoms with E-state index >= 15 is 0 Å². The molecular formula is C20H26F2N2O3. The van der Waals surface area contributed by atoms with E-state index in [0.29, 0.717) is 17.4 Å². The molecule has 27 heavy (non-hydrogen) atoms. The van der Waals surface area contributed by atoms with Gasteiger partial charge < -0.3 is 20.6 Å². The molecule has 0 unspecified atom stereocenters. The molecule has 0 radical (unpaired) electrons. The van der Waals surface area contributed by atoms with Gasteiger partial charge in [0.15, 0.2) is 0 Å². The summed E-state index contributed by atoms with van der Waals surface area (Å²) >= 11 is 0. The molecule has 0 bridgehead atoms. The maximum absolute atomic E-state index is 12.3. The molecule has 1 aliphatic rings. The third-order valence-electron chi connectivity index (χ3n) is 3.03. The number of benzene rings is 1. The molecule has 0 aliphatic heterocycles. The Morgan fingerprint density at radius 3 is 2.26 bits per heavy atom. The van der Waals surface area contributed by atoms with Crippen molar-refractivity contribution in [2.24, 2.45) is 11.7 Å². The number of aldehydes is 1. The van der Waals surface area contributed by atoms with Crippen molar-refractivity contribution in [2.75, 3.05) is 19.1 Å². The summed E-state index contributed by atoms with van der Waals surface area (Å²) in [6, 6.07) is 5.62. The number of hydrogen-bond acceptors (Lipinski definition) is 4. The molecule has 1 amide bonds. The number of carbonyl (C=O) groups excluding carboxylic acids is 2. The number of carbonyl (C=O) groups is 2. The highest BCUT2D eigenvalue weighted by atomic mass is 19.1. The van der Waals surface area contributed by atoms with Crippen molar-refractivity contribution in [3.63, 3.8) is 0 Å². The zero-order chi connectivity index (χ0) is 20.7. The quantitative estimate of drug-likeness (QED) is 0.446. The predicted molar refractivity (Wildman–Crippen MR) is 103 cm³/mol. The Bertz CT molecular complexity index is 652. The molecule has 1 saturated carbocycles. The van der Waals surface area contributed by atoms with Crippen LogP contribution in [-0.4, -0.2) is 26.0 Å². The predicted octanol–water partition coefficient (Wildman–Crippen LogP) is 3.89. The summed E-state index contributed by atoms with van der Waals surface area (Å²) in [4.78, 5) is 20.1. The van der Waals surface area contributed by atoms with Crippen molar-refractivity contribution in [1.82, 2.24) is 0 Å². The lowest BCUT2D eigenvalue weighted by Crippen LogP contribution is -2.05. The first-order valence-electron chi connectivity index (χ1n) is 8.23. The molecular weight excluding hydrogens is 354 g/mol. The largest absolute Gasteiger partial charge is 0.497 e. The molecule has 0 heterocycles. The lowest BCUT2D eigenvalue weighted by atomic mass is 10.3. The number of allylic oxidation sites excluding steroid dienone is 4. The number of nitrogens with one attached hydrogen (secondary N) is 1. The van der Waals surface area contributed by atoms with Crippen LogP contribution in [0, 0.1) is 11.7 Å². The van der Waals surface area contributed by atoms with E-state index in [1.54, 1.807) is 6.08 Å². The number of halogens is 2. The fourth-order valence-corrected chi connectivity index (χ4v) is 1.42. The highest BCUT2D eigenvalue weighted by molar-refractivity contribution is 5.88. The van der Waals surface area contributed by atoms with E-state index in [-0.39, 0.29) is 17.4 Å². The summed E-state index contributed by atoms with van der Waals surface area (Å²) in [5.74, 6) is 0.548. The summed E-state index contributed by atoms with van der Waals surface area (Å²) in [6.45, 7) is 4.24. The Hall–Kier alpha value is -2.96. The highest BCUT2D eigenvalue weighted by Crippen LogP contribution is 2.25. The van der Waals surface area contributed by atoms with E-state index in [1.807, 2.05) is 0 Å². The molecule has 2 rings (SSSR count). The molecule has 1 aliphatic carbocycles. The fourth-order valence-electron chi connectivity index (χ4n) is 1.42. The first-order valence-corrected chi connectivity index (χ1v) is 8.23. The van der Waals surface area contributed by atoms with E-state index in [2.05, 4.69) is 11.9 Å². The second kappa shape index (κ2) is 14.2. The molecule has 3 N–H and O–H groups in total. The highest BCUT2D eigenvalue weighted by Gasteiger charge is 2.18. The molecule has 7 heteroatoms. The molecule has 1 aromatic carbocycles. The van der Waals surface area contributed by atoms with Gasteiger partial charge in [-0.2, -0.15) is 0 Å². The first-order chi connectivity index (χ1) is 12.9. The minimum absolute atomic E-state index is 0.156. The van der Waals surface area contributed by atoms with Crippen LogP contribution < -0.4 is 11.1 Å². The standard InChI is InChI=1S/C8H8FNO.C8H12FNO.C4H6O/c1-6(11)10-8-4-2-7(9)3-5-8;1-3-8(11-2)5-4-7(10)6-9;5-3-4-1-2-4/h2-5H,1H3,(H,10,11);3-5H,1,6,10H2,2H3;3-4H,1-2H2/b;7-4+,8-5+;. The Balaban J connectivity index is 0.000000400. The third-order valence-corrected chi connectivity index (χ3v) is 3.03. The Labute approximate surface area is 158 Å². The number of alkyl halides is 1. The lowest BCUT2D eigenvalue weighted by molar-refractivity contribution is -0.114. The van der Waals surface area contributed by atoms with Crippen molar-refractivity contribution in [2.45, 2.75) is 19.8 Å². The van der Waals surface area contributed by atoms with Crippen LogP contribution >= 0.6 is 0 Å². The second-order valence-corrected chi connectivity index (χ2v) is 5.51. The summed E-state index contributed by atoms with van der Waals surface area (Å²) in [7, 11) is 1.51. The van der Waals surface area contributed by atoms with E-state index in [0.717, 1.165) is 19.1 Å². The topological polar surface area (TPSA) is 81.4 Å². The van der Waals surface area contributed by atoms with Gasteiger partial charge in [-0.3, -0.25) is 4.79 Å². The number of rotatable bonds is 6. The minimum Gasteiger partial charge on any atom is -0.497 e.